The second-order valence-electron chi connectivity index (χ2n) is 6.23. The van der Waals surface area contributed by atoms with Crippen molar-refractivity contribution < 1.29 is 14.3 Å². The number of aromatic nitrogens is 2. The zero-order chi connectivity index (χ0) is 19.5. The topological polar surface area (TPSA) is 76.2 Å². The summed E-state index contributed by atoms with van der Waals surface area (Å²) in [6.45, 7) is 0. The molecule has 0 aliphatic rings. The number of thiazole rings is 1. The summed E-state index contributed by atoms with van der Waals surface area (Å²) in [5, 5.41) is 4.26. The number of amides is 1. The maximum Gasteiger partial charge on any atom is 0.273 e. The Morgan fingerprint density at radius 2 is 1.96 bits per heavy atom. The van der Waals surface area contributed by atoms with E-state index in [0.717, 1.165) is 22.2 Å². The zero-order valence-electron chi connectivity index (χ0n) is 15.5. The van der Waals surface area contributed by atoms with Crippen molar-refractivity contribution in [1.29, 1.82) is 0 Å². The highest BCUT2D eigenvalue weighted by Gasteiger charge is 2.15. The number of rotatable bonds is 6. The predicted octanol–water partition coefficient (Wildman–Crippen LogP) is 4.48. The number of anilines is 1. The molecule has 0 saturated carbocycles. The third-order valence-electron chi connectivity index (χ3n) is 4.36. The second-order valence-corrected chi connectivity index (χ2v) is 7.34. The molecular formula is C21H19N3O3S. The van der Waals surface area contributed by atoms with E-state index in [1.807, 2.05) is 24.3 Å². The second kappa shape index (κ2) is 7.74. The molecule has 0 radical (unpaired) electrons. The molecular weight excluding hydrogens is 374 g/mol. The summed E-state index contributed by atoms with van der Waals surface area (Å²) in [4.78, 5) is 21.2. The molecule has 2 aromatic carbocycles. The number of methoxy groups -OCH3 is 2. The molecule has 0 bridgehead atoms. The summed E-state index contributed by atoms with van der Waals surface area (Å²) < 4.78 is 10.7. The highest BCUT2D eigenvalue weighted by molar-refractivity contribution is 7.15. The molecule has 0 spiro atoms. The summed E-state index contributed by atoms with van der Waals surface area (Å²) in [6.07, 6.45) is 2.59. The Kier molecular flexibility index (Phi) is 4.99. The molecule has 142 valence electrons. The Balaban J connectivity index is 1.52. The Hall–Kier alpha value is -3.32. The third-order valence-corrected chi connectivity index (χ3v) is 5.27. The van der Waals surface area contributed by atoms with Gasteiger partial charge in [-0.25, -0.2) is 4.98 Å². The molecule has 28 heavy (non-hydrogen) atoms. The number of fused-ring (bicyclic) bond motifs is 1. The molecule has 0 aliphatic heterocycles. The number of hydrogen-bond donors (Lipinski definition) is 2. The molecule has 0 atom stereocenters. The molecule has 4 rings (SSSR count). The minimum atomic E-state index is -0.252. The average molecular weight is 393 g/mol. The zero-order valence-corrected chi connectivity index (χ0v) is 16.3. The van der Waals surface area contributed by atoms with E-state index in [-0.39, 0.29) is 5.91 Å². The highest BCUT2D eigenvalue weighted by atomic mass is 32.1. The van der Waals surface area contributed by atoms with E-state index < -0.39 is 0 Å². The number of nitrogens with one attached hydrogen (secondary N) is 2. The van der Waals surface area contributed by atoms with Gasteiger partial charge in [-0.3, -0.25) is 10.1 Å². The van der Waals surface area contributed by atoms with Crippen molar-refractivity contribution in [2.75, 3.05) is 19.5 Å². The molecule has 0 aliphatic carbocycles. The molecule has 0 fully saturated rings. The van der Waals surface area contributed by atoms with Crippen LogP contribution in [0.15, 0.2) is 54.7 Å². The van der Waals surface area contributed by atoms with Gasteiger partial charge in [-0.05, 0) is 17.7 Å². The van der Waals surface area contributed by atoms with Crippen LogP contribution in [-0.4, -0.2) is 30.1 Å². The van der Waals surface area contributed by atoms with E-state index in [2.05, 4.69) is 27.4 Å². The lowest BCUT2D eigenvalue weighted by atomic mass is 10.1. The number of hydrogen-bond acceptors (Lipinski definition) is 5. The van der Waals surface area contributed by atoms with E-state index in [1.54, 1.807) is 32.5 Å². The van der Waals surface area contributed by atoms with Crippen LogP contribution in [0.25, 0.3) is 10.9 Å². The quantitative estimate of drug-likeness (QED) is 0.506. The van der Waals surface area contributed by atoms with Gasteiger partial charge >= 0.3 is 0 Å². The Labute approximate surface area is 166 Å². The lowest BCUT2D eigenvalue weighted by molar-refractivity contribution is 0.102. The van der Waals surface area contributed by atoms with Crippen molar-refractivity contribution in [3.05, 3.63) is 70.9 Å². The Bertz CT molecular complexity index is 1120. The molecule has 0 unspecified atom stereocenters. The summed E-state index contributed by atoms with van der Waals surface area (Å²) in [6, 6.07) is 15.6. The fraction of sp³-hybridized carbons (Fsp3) is 0.143. The van der Waals surface area contributed by atoms with Crippen LogP contribution in [-0.2, 0) is 6.42 Å². The number of ether oxygens (including phenoxy) is 2. The SMILES string of the molecule is COc1cc(OC)c2[nH]c(C(=O)Nc3ncc(Cc4ccccc4)s3)cc2c1. The van der Waals surface area contributed by atoms with Gasteiger partial charge in [0.1, 0.15) is 17.2 Å². The minimum Gasteiger partial charge on any atom is -0.497 e. The minimum absolute atomic E-state index is 0.252. The lowest BCUT2D eigenvalue weighted by Gasteiger charge is -2.05. The van der Waals surface area contributed by atoms with Gasteiger partial charge in [-0.1, -0.05) is 30.3 Å². The smallest absolute Gasteiger partial charge is 0.273 e. The van der Waals surface area contributed by atoms with Crippen LogP contribution in [0.2, 0.25) is 0 Å². The summed E-state index contributed by atoms with van der Waals surface area (Å²) in [5.74, 6) is 1.03. The first-order valence-electron chi connectivity index (χ1n) is 8.71. The van der Waals surface area contributed by atoms with Crippen LogP contribution in [0.1, 0.15) is 20.9 Å². The normalized spacial score (nSPS) is 10.8. The molecule has 0 saturated heterocycles. The molecule has 2 aromatic heterocycles. The van der Waals surface area contributed by atoms with E-state index in [1.165, 1.54) is 16.9 Å². The van der Waals surface area contributed by atoms with Gasteiger partial charge in [-0.2, -0.15) is 0 Å². The van der Waals surface area contributed by atoms with Crippen LogP contribution >= 0.6 is 11.3 Å². The number of benzene rings is 2. The van der Waals surface area contributed by atoms with E-state index >= 15 is 0 Å². The van der Waals surface area contributed by atoms with Crippen molar-refractivity contribution in [2.45, 2.75) is 6.42 Å². The highest BCUT2D eigenvalue weighted by Crippen LogP contribution is 2.31. The van der Waals surface area contributed by atoms with Gasteiger partial charge in [0.25, 0.3) is 5.91 Å². The molecule has 2 heterocycles. The number of carbonyl (C=O) groups excluding carboxylic acids is 1. The summed E-state index contributed by atoms with van der Waals surface area (Å²) in [5.41, 5.74) is 2.39. The van der Waals surface area contributed by atoms with E-state index in [9.17, 15) is 4.79 Å². The van der Waals surface area contributed by atoms with Gasteiger partial charge in [0.15, 0.2) is 5.13 Å². The van der Waals surface area contributed by atoms with Crippen LogP contribution in [0.5, 0.6) is 11.5 Å². The molecule has 6 nitrogen and oxygen atoms in total. The van der Waals surface area contributed by atoms with Gasteiger partial charge < -0.3 is 14.5 Å². The number of aromatic amines is 1. The fourth-order valence-electron chi connectivity index (χ4n) is 2.99. The van der Waals surface area contributed by atoms with Gasteiger partial charge in [0.2, 0.25) is 0 Å². The standard InChI is InChI=1S/C21H19N3O3S/c1-26-15-9-14-10-17(23-19(14)18(11-15)27-2)20(25)24-21-22-12-16(28-21)8-13-6-4-3-5-7-13/h3-7,9-12,23H,8H2,1-2H3,(H,22,24,25). The maximum atomic E-state index is 12.7. The van der Waals surface area contributed by atoms with Gasteiger partial charge in [0.05, 0.1) is 19.7 Å². The summed E-state index contributed by atoms with van der Waals surface area (Å²) in [7, 11) is 3.18. The van der Waals surface area contributed by atoms with Crippen molar-refractivity contribution in [3.8, 4) is 11.5 Å². The lowest BCUT2D eigenvalue weighted by Crippen LogP contribution is -2.11. The fourth-order valence-corrected chi connectivity index (χ4v) is 3.84. The molecule has 4 aromatic rings. The molecule has 2 N–H and O–H groups in total. The van der Waals surface area contributed by atoms with Gasteiger partial charge in [-0.15, -0.1) is 11.3 Å². The first-order valence-corrected chi connectivity index (χ1v) is 9.52. The number of nitrogens with zero attached hydrogens (tertiary/aromatic N) is 1. The maximum absolute atomic E-state index is 12.7. The summed E-state index contributed by atoms with van der Waals surface area (Å²) >= 11 is 1.47. The average Bonchev–Trinajstić information content (AvgIpc) is 3.34. The Morgan fingerprint density at radius 1 is 1.14 bits per heavy atom. The molecule has 1 amide bonds. The number of H-pyrrole nitrogens is 1. The monoisotopic (exact) mass is 393 g/mol. The van der Waals surface area contributed by atoms with Crippen LogP contribution in [0, 0.1) is 0 Å². The van der Waals surface area contributed by atoms with Crippen molar-refractivity contribution in [1.82, 2.24) is 9.97 Å². The van der Waals surface area contributed by atoms with Crippen molar-refractivity contribution in [2.24, 2.45) is 0 Å². The van der Waals surface area contributed by atoms with Crippen LogP contribution in [0.3, 0.4) is 0 Å². The number of carbonyl (C=O) groups is 1. The predicted molar refractivity (Wildman–Crippen MR) is 111 cm³/mol. The largest absolute Gasteiger partial charge is 0.497 e. The van der Waals surface area contributed by atoms with E-state index in [4.69, 9.17) is 9.47 Å². The van der Waals surface area contributed by atoms with E-state index in [0.29, 0.717) is 22.3 Å². The van der Waals surface area contributed by atoms with Crippen molar-refractivity contribution in [3.63, 3.8) is 0 Å². The van der Waals surface area contributed by atoms with Crippen LogP contribution in [0.4, 0.5) is 5.13 Å². The van der Waals surface area contributed by atoms with Crippen LogP contribution < -0.4 is 14.8 Å². The Morgan fingerprint density at radius 3 is 2.71 bits per heavy atom. The first-order chi connectivity index (χ1) is 13.7. The van der Waals surface area contributed by atoms with Gasteiger partial charge in [0, 0.05) is 28.9 Å². The van der Waals surface area contributed by atoms with Crippen molar-refractivity contribution >= 4 is 33.3 Å². The third kappa shape index (κ3) is 3.70. The molecule has 7 heteroatoms. The first kappa shape index (κ1) is 18.1.